The van der Waals surface area contributed by atoms with Crippen molar-refractivity contribution in [2.45, 2.75) is 19.9 Å². The molecule has 2 aromatic rings. The molecule has 0 spiro atoms. The molecule has 0 aliphatic heterocycles. The first-order valence-corrected chi connectivity index (χ1v) is 5.88. The Balaban J connectivity index is 2.19. The smallest absolute Gasteiger partial charge is 0.134 e. The van der Waals surface area contributed by atoms with Crippen molar-refractivity contribution in [3.05, 3.63) is 42.0 Å². The Morgan fingerprint density at radius 3 is 2.67 bits per heavy atom. The highest BCUT2D eigenvalue weighted by Crippen LogP contribution is 2.22. The lowest BCUT2D eigenvalue weighted by molar-refractivity contribution is 0.860. The van der Waals surface area contributed by atoms with E-state index in [-0.39, 0.29) is 6.04 Å². The first-order valence-electron chi connectivity index (χ1n) is 5.88. The molecule has 0 bridgehead atoms. The van der Waals surface area contributed by atoms with Crippen molar-refractivity contribution in [1.29, 1.82) is 0 Å². The molecule has 0 aliphatic carbocycles. The molecular formula is C13H17N5. The molecule has 1 atom stereocenters. The lowest BCUT2D eigenvalue weighted by Crippen LogP contribution is -2.10. The van der Waals surface area contributed by atoms with Gasteiger partial charge in [0, 0.05) is 25.0 Å². The summed E-state index contributed by atoms with van der Waals surface area (Å²) in [6, 6.07) is 4.12. The molecule has 1 unspecified atom stereocenters. The van der Waals surface area contributed by atoms with Crippen LogP contribution in [0, 0.1) is 6.92 Å². The Hall–Kier alpha value is -2.17. The lowest BCUT2D eigenvalue weighted by atomic mass is 10.1. The van der Waals surface area contributed by atoms with Crippen LogP contribution >= 0.6 is 0 Å². The fraction of sp³-hybridized carbons (Fsp3) is 0.308. The van der Waals surface area contributed by atoms with E-state index in [4.69, 9.17) is 0 Å². The van der Waals surface area contributed by atoms with Gasteiger partial charge >= 0.3 is 0 Å². The Morgan fingerprint density at radius 1 is 1.22 bits per heavy atom. The van der Waals surface area contributed by atoms with Gasteiger partial charge in [-0.3, -0.25) is 4.98 Å². The van der Waals surface area contributed by atoms with Crippen molar-refractivity contribution in [3.8, 4) is 0 Å². The summed E-state index contributed by atoms with van der Waals surface area (Å²) in [4.78, 5) is 12.6. The van der Waals surface area contributed by atoms with Gasteiger partial charge in [-0.2, -0.15) is 0 Å². The SMILES string of the molecule is CNc1ncnc(NC(C)c2cccnc2)c1C. The zero-order valence-corrected chi connectivity index (χ0v) is 10.8. The Kier molecular flexibility index (Phi) is 3.72. The summed E-state index contributed by atoms with van der Waals surface area (Å²) in [6.07, 6.45) is 5.18. The first kappa shape index (κ1) is 12.3. The van der Waals surface area contributed by atoms with Gasteiger partial charge in [-0.15, -0.1) is 0 Å². The predicted molar refractivity (Wildman–Crippen MR) is 72.6 cm³/mol. The van der Waals surface area contributed by atoms with E-state index < -0.39 is 0 Å². The van der Waals surface area contributed by atoms with Gasteiger partial charge in [-0.1, -0.05) is 6.07 Å². The largest absolute Gasteiger partial charge is 0.373 e. The van der Waals surface area contributed by atoms with E-state index in [1.165, 1.54) is 0 Å². The van der Waals surface area contributed by atoms with E-state index in [0.29, 0.717) is 0 Å². The number of hydrogen-bond acceptors (Lipinski definition) is 5. The normalized spacial score (nSPS) is 11.9. The van der Waals surface area contributed by atoms with Crippen molar-refractivity contribution < 1.29 is 0 Å². The Labute approximate surface area is 107 Å². The summed E-state index contributed by atoms with van der Waals surface area (Å²) in [5.41, 5.74) is 2.14. The number of rotatable bonds is 4. The molecule has 0 aromatic carbocycles. The number of hydrogen-bond donors (Lipinski definition) is 2. The summed E-state index contributed by atoms with van der Waals surface area (Å²) in [7, 11) is 1.85. The molecule has 18 heavy (non-hydrogen) atoms. The van der Waals surface area contributed by atoms with E-state index in [1.54, 1.807) is 12.5 Å². The van der Waals surface area contributed by atoms with Crippen LogP contribution in [0.3, 0.4) is 0 Å². The molecule has 0 saturated carbocycles. The van der Waals surface area contributed by atoms with Gasteiger partial charge in [0.1, 0.15) is 18.0 Å². The molecule has 5 heteroatoms. The van der Waals surface area contributed by atoms with E-state index in [2.05, 4.69) is 32.5 Å². The third kappa shape index (κ3) is 2.56. The molecule has 2 rings (SSSR count). The van der Waals surface area contributed by atoms with Crippen LogP contribution in [-0.4, -0.2) is 22.0 Å². The lowest BCUT2D eigenvalue weighted by Gasteiger charge is -2.17. The molecule has 0 saturated heterocycles. The van der Waals surface area contributed by atoms with E-state index in [9.17, 15) is 0 Å². The number of anilines is 2. The summed E-state index contributed by atoms with van der Waals surface area (Å²) < 4.78 is 0. The second kappa shape index (κ2) is 5.44. The highest BCUT2D eigenvalue weighted by Gasteiger charge is 2.10. The van der Waals surface area contributed by atoms with Gasteiger partial charge in [0.15, 0.2) is 0 Å². The Bertz CT molecular complexity index is 512. The molecular weight excluding hydrogens is 226 g/mol. The summed E-state index contributed by atoms with van der Waals surface area (Å²) in [5.74, 6) is 1.68. The van der Waals surface area contributed by atoms with Gasteiger partial charge in [0.05, 0.1) is 6.04 Å². The van der Waals surface area contributed by atoms with E-state index in [1.807, 2.05) is 32.3 Å². The topological polar surface area (TPSA) is 62.7 Å². The molecule has 5 nitrogen and oxygen atoms in total. The molecule has 94 valence electrons. The average molecular weight is 243 g/mol. The first-order chi connectivity index (χ1) is 8.72. The molecule has 0 fully saturated rings. The van der Waals surface area contributed by atoms with Crippen molar-refractivity contribution in [3.63, 3.8) is 0 Å². The Morgan fingerprint density at radius 2 is 2.00 bits per heavy atom. The number of nitrogens with zero attached hydrogens (tertiary/aromatic N) is 3. The van der Waals surface area contributed by atoms with Gasteiger partial charge in [-0.25, -0.2) is 9.97 Å². The van der Waals surface area contributed by atoms with Crippen LogP contribution in [0.5, 0.6) is 0 Å². The molecule has 2 aromatic heterocycles. The van der Waals surface area contributed by atoms with Gasteiger partial charge in [0.25, 0.3) is 0 Å². The van der Waals surface area contributed by atoms with Crippen molar-refractivity contribution >= 4 is 11.6 Å². The van der Waals surface area contributed by atoms with Crippen LogP contribution in [0.1, 0.15) is 24.1 Å². The minimum Gasteiger partial charge on any atom is -0.373 e. The predicted octanol–water partition coefficient (Wildman–Crippen LogP) is 2.39. The van der Waals surface area contributed by atoms with Gasteiger partial charge in [0.2, 0.25) is 0 Å². The van der Waals surface area contributed by atoms with Crippen LogP contribution in [0.15, 0.2) is 30.9 Å². The third-order valence-electron chi connectivity index (χ3n) is 2.86. The quantitative estimate of drug-likeness (QED) is 0.863. The summed E-state index contributed by atoms with van der Waals surface area (Å²) in [5, 5.41) is 6.42. The maximum atomic E-state index is 4.27. The minimum atomic E-state index is 0.150. The fourth-order valence-corrected chi connectivity index (χ4v) is 1.77. The van der Waals surface area contributed by atoms with Gasteiger partial charge in [-0.05, 0) is 25.5 Å². The number of aromatic nitrogens is 3. The standard InChI is InChI=1S/C13H17N5/c1-9-12(14-3)16-8-17-13(9)18-10(2)11-5-4-6-15-7-11/h4-8,10H,1-3H3,(H2,14,16,17,18). The average Bonchev–Trinajstić information content (AvgIpc) is 2.42. The van der Waals surface area contributed by atoms with Crippen molar-refractivity contribution in [2.24, 2.45) is 0 Å². The minimum absolute atomic E-state index is 0.150. The zero-order valence-electron chi connectivity index (χ0n) is 10.8. The van der Waals surface area contributed by atoms with Crippen LogP contribution < -0.4 is 10.6 Å². The third-order valence-corrected chi connectivity index (χ3v) is 2.86. The fourth-order valence-electron chi connectivity index (χ4n) is 1.77. The van der Waals surface area contributed by atoms with Crippen LogP contribution in [0.25, 0.3) is 0 Å². The molecule has 2 N–H and O–H groups in total. The number of pyridine rings is 1. The molecule has 0 amide bonds. The summed E-state index contributed by atoms with van der Waals surface area (Å²) >= 11 is 0. The second-order valence-corrected chi connectivity index (χ2v) is 4.10. The van der Waals surface area contributed by atoms with Gasteiger partial charge < -0.3 is 10.6 Å². The highest BCUT2D eigenvalue weighted by molar-refractivity contribution is 5.56. The number of nitrogens with one attached hydrogen (secondary N) is 2. The van der Waals surface area contributed by atoms with Crippen LogP contribution in [-0.2, 0) is 0 Å². The van der Waals surface area contributed by atoms with E-state index in [0.717, 1.165) is 22.8 Å². The zero-order chi connectivity index (χ0) is 13.0. The molecule has 0 radical (unpaired) electrons. The van der Waals surface area contributed by atoms with E-state index >= 15 is 0 Å². The summed E-state index contributed by atoms with van der Waals surface area (Å²) in [6.45, 7) is 4.07. The van der Waals surface area contributed by atoms with Crippen molar-refractivity contribution in [2.75, 3.05) is 17.7 Å². The second-order valence-electron chi connectivity index (χ2n) is 4.10. The maximum Gasteiger partial charge on any atom is 0.134 e. The highest BCUT2D eigenvalue weighted by atomic mass is 15.1. The monoisotopic (exact) mass is 243 g/mol. The van der Waals surface area contributed by atoms with Crippen LogP contribution in [0.2, 0.25) is 0 Å². The van der Waals surface area contributed by atoms with Crippen molar-refractivity contribution in [1.82, 2.24) is 15.0 Å². The van der Waals surface area contributed by atoms with Crippen LogP contribution in [0.4, 0.5) is 11.6 Å². The maximum absolute atomic E-state index is 4.27. The molecule has 2 heterocycles. The molecule has 0 aliphatic rings.